The number of hydrogen-bond acceptors (Lipinski definition) is 5. The standard InChI is InChI=1S/C34H24N6/c1-34(2)32-23(9-21-5-3-4-6-28(21)32)11-24-10-22-7-8-40(18-29(22)33(24)34)27-12-30(25-14-35-19-36-15-25)39-31(13-27)26-16-37-20-38-17-26/h3-20H,1-2H3. The highest BCUT2D eigenvalue weighted by molar-refractivity contribution is 6.00. The molecule has 0 bridgehead atoms. The quantitative estimate of drug-likeness (QED) is 0.323. The summed E-state index contributed by atoms with van der Waals surface area (Å²) >= 11 is 0. The van der Waals surface area contributed by atoms with Gasteiger partial charge in [-0.1, -0.05) is 38.1 Å². The highest BCUT2D eigenvalue weighted by atomic mass is 15.0. The van der Waals surface area contributed by atoms with Crippen LogP contribution in [0.25, 0.3) is 57.1 Å². The second-order valence-electron chi connectivity index (χ2n) is 10.9. The lowest BCUT2D eigenvalue weighted by atomic mass is 9.70. The molecule has 8 rings (SSSR count). The summed E-state index contributed by atoms with van der Waals surface area (Å²) in [5.74, 6) is 0. The zero-order chi connectivity index (χ0) is 26.8. The summed E-state index contributed by atoms with van der Waals surface area (Å²) in [7, 11) is 0. The molecule has 190 valence electrons. The van der Waals surface area contributed by atoms with E-state index < -0.39 is 0 Å². The average Bonchev–Trinajstić information content (AvgIpc) is 3.56. The maximum atomic E-state index is 4.91. The lowest BCUT2D eigenvalue weighted by Crippen LogP contribution is -2.31. The Balaban J connectivity index is 1.34. The number of rotatable bonds is 3. The summed E-state index contributed by atoms with van der Waals surface area (Å²) in [6.45, 7) is 4.71. The van der Waals surface area contributed by atoms with Crippen molar-refractivity contribution in [1.82, 2.24) is 29.5 Å². The van der Waals surface area contributed by atoms with Crippen LogP contribution in [0, 0.1) is 0 Å². The number of hydrogen-bond donors (Lipinski definition) is 0. The van der Waals surface area contributed by atoms with Gasteiger partial charge in [-0.05, 0) is 74.7 Å². The van der Waals surface area contributed by atoms with E-state index in [1.54, 1.807) is 24.8 Å². The maximum Gasteiger partial charge on any atom is 0.115 e. The van der Waals surface area contributed by atoms with Gasteiger partial charge in [0.15, 0.2) is 0 Å². The molecule has 0 saturated carbocycles. The summed E-state index contributed by atoms with van der Waals surface area (Å²) in [6.07, 6.45) is 19.2. The molecule has 4 heterocycles. The monoisotopic (exact) mass is 516 g/mol. The van der Waals surface area contributed by atoms with E-state index in [1.807, 2.05) is 0 Å². The van der Waals surface area contributed by atoms with Crippen molar-refractivity contribution >= 4 is 17.7 Å². The minimum absolute atomic E-state index is 0.152. The van der Waals surface area contributed by atoms with Crippen LogP contribution < -0.4 is 10.4 Å². The molecule has 6 nitrogen and oxygen atoms in total. The summed E-state index contributed by atoms with van der Waals surface area (Å²) in [4.78, 5) is 21.8. The molecule has 3 aliphatic carbocycles. The van der Waals surface area contributed by atoms with E-state index in [0.29, 0.717) is 0 Å². The lowest BCUT2D eigenvalue weighted by Gasteiger charge is -2.33. The largest absolute Gasteiger partial charge is 0.323 e. The van der Waals surface area contributed by atoms with Gasteiger partial charge in [-0.15, -0.1) is 0 Å². The van der Waals surface area contributed by atoms with Gasteiger partial charge in [0.1, 0.15) is 12.7 Å². The molecule has 0 N–H and O–H groups in total. The van der Waals surface area contributed by atoms with E-state index in [2.05, 4.69) is 111 Å². The van der Waals surface area contributed by atoms with Crippen molar-refractivity contribution in [3.63, 3.8) is 0 Å². The average molecular weight is 517 g/mol. The first-order valence-corrected chi connectivity index (χ1v) is 13.3. The van der Waals surface area contributed by atoms with Crippen molar-refractivity contribution in [2.24, 2.45) is 0 Å². The normalized spacial score (nSPS) is 14.8. The zero-order valence-electron chi connectivity index (χ0n) is 22.1. The third-order valence-electron chi connectivity index (χ3n) is 8.07. The fourth-order valence-electron chi connectivity index (χ4n) is 6.38. The van der Waals surface area contributed by atoms with Crippen molar-refractivity contribution in [2.45, 2.75) is 19.3 Å². The lowest BCUT2D eigenvalue weighted by molar-refractivity contribution is 0.689. The molecule has 3 aromatic heterocycles. The second-order valence-corrected chi connectivity index (χ2v) is 10.9. The van der Waals surface area contributed by atoms with Crippen LogP contribution in [-0.4, -0.2) is 29.5 Å². The number of allylic oxidation sites excluding steroid dienone is 1. The summed E-state index contributed by atoms with van der Waals surface area (Å²) in [6, 6.07) is 17.4. The van der Waals surface area contributed by atoms with Gasteiger partial charge in [0.2, 0.25) is 0 Å². The second kappa shape index (κ2) is 8.38. The Morgan fingerprint density at radius 1 is 0.725 bits per heavy atom. The van der Waals surface area contributed by atoms with Crippen molar-refractivity contribution in [3.05, 3.63) is 126 Å². The molecule has 40 heavy (non-hydrogen) atoms. The number of aromatic nitrogens is 6. The van der Waals surface area contributed by atoms with E-state index in [-0.39, 0.29) is 5.41 Å². The summed E-state index contributed by atoms with van der Waals surface area (Å²) in [5, 5.41) is 2.63. The van der Waals surface area contributed by atoms with Gasteiger partial charge < -0.3 is 4.57 Å². The summed E-state index contributed by atoms with van der Waals surface area (Å²) < 4.78 is 2.18. The maximum absolute atomic E-state index is 4.91. The molecule has 1 aliphatic heterocycles. The Bertz CT molecular complexity index is 2010. The van der Waals surface area contributed by atoms with Gasteiger partial charge in [-0.2, -0.15) is 0 Å². The first-order valence-electron chi connectivity index (χ1n) is 13.3. The van der Waals surface area contributed by atoms with Crippen molar-refractivity contribution in [3.8, 4) is 39.3 Å². The first-order chi connectivity index (χ1) is 19.6. The predicted octanol–water partition coefficient (Wildman–Crippen LogP) is 5.21. The van der Waals surface area contributed by atoms with Crippen LogP contribution in [0.2, 0.25) is 0 Å². The molecule has 0 unspecified atom stereocenters. The molecule has 0 fully saturated rings. The van der Waals surface area contributed by atoms with Gasteiger partial charge in [0.25, 0.3) is 0 Å². The third-order valence-corrected chi connectivity index (χ3v) is 8.07. The van der Waals surface area contributed by atoms with Crippen LogP contribution >= 0.6 is 0 Å². The molecule has 0 saturated heterocycles. The van der Waals surface area contributed by atoms with Gasteiger partial charge in [0, 0.05) is 65.0 Å². The molecule has 0 atom stereocenters. The number of pyridine rings is 2. The number of nitrogens with zero attached hydrogens (tertiary/aromatic N) is 6. The van der Waals surface area contributed by atoms with E-state index in [9.17, 15) is 0 Å². The van der Waals surface area contributed by atoms with E-state index >= 15 is 0 Å². The fraction of sp³-hybridized carbons (Fsp3) is 0.0882. The minimum Gasteiger partial charge on any atom is -0.323 e. The van der Waals surface area contributed by atoms with Crippen LogP contribution in [0.5, 0.6) is 0 Å². The molecule has 0 spiro atoms. The molecule has 4 aromatic rings. The van der Waals surface area contributed by atoms with Crippen molar-refractivity contribution < 1.29 is 0 Å². The van der Waals surface area contributed by atoms with E-state index in [0.717, 1.165) is 28.2 Å². The van der Waals surface area contributed by atoms with Crippen LogP contribution in [0.3, 0.4) is 0 Å². The van der Waals surface area contributed by atoms with Crippen LogP contribution in [0.15, 0.2) is 104 Å². The Morgan fingerprint density at radius 2 is 1.40 bits per heavy atom. The number of benzene rings is 1. The Hall–Kier alpha value is -5.23. The van der Waals surface area contributed by atoms with Crippen molar-refractivity contribution in [2.75, 3.05) is 0 Å². The molecule has 4 aliphatic rings. The van der Waals surface area contributed by atoms with Gasteiger partial charge in [-0.3, -0.25) is 0 Å². The van der Waals surface area contributed by atoms with Gasteiger partial charge in [-0.25, -0.2) is 24.9 Å². The van der Waals surface area contributed by atoms with Crippen LogP contribution in [-0.2, 0) is 5.41 Å². The van der Waals surface area contributed by atoms with Crippen molar-refractivity contribution in [1.29, 1.82) is 0 Å². The molecular weight excluding hydrogens is 492 g/mol. The number of fused-ring (bicyclic) bond motifs is 5. The highest BCUT2D eigenvalue weighted by Gasteiger charge is 2.38. The molecular formula is C34H24N6. The fourth-order valence-corrected chi connectivity index (χ4v) is 6.38. The van der Waals surface area contributed by atoms with Crippen LogP contribution in [0.4, 0.5) is 0 Å². The molecule has 6 heteroatoms. The molecule has 0 amide bonds. The smallest absolute Gasteiger partial charge is 0.115 e. The highest BCUT2D eigenvalue weighted by Crippen LogP contribution is 2.50. The third kappa shape index (κ3) is 3.39. The first kappa shape index (κ1) is 22.7. The van der Waals surface area contributed by atoms with Gasteiger partial charge in [0.05, 0.1) is 11.4 Å². The van der Waals surface area contributed by atoms with Gasteiger partial charge >= 0.3 is 0 Å². The Kier molecular flexibility index (Phi) is 4.76. The molecule has 1 aromatic carbocycles. The topological polar surface area (TPSA) is 69.4 Å². The Morgan fingerprint density at radius 3 is 2.10 bits per heavy atom. The SMILES string of the molecule is CC1(C)C2=c3ccccc3=CC2=Cc2cc3ccn(-c4cc(-c5cncnc5)nc(-c5cncnc5)c4)cc-3c21. The Labute approximate surface area is 231 Å². The minimum atomic E-state index is -0.152. The molecule has 0 radical (unpaired) electrons. The zero-order valence-corrected chi connectivity index (χ0v) is 22.1. The summed E-state index contributed by atoms with van der Waals surface area (Å²) in [5.41, 5.74) is 12.0. The van der Waals surface area contributed by atoms with E-state index in [4.69, 9.17) is 4.98 Å². The predicted molar refractivity (Wildman–Crippen MR) is 157 cm³/mol. The van der Waals surface area contributed by atoms with Crippen LogP contribution in [0.1, 0.15) is 25.0 Å². The van der Waals surface area contributed by atoms with E-state index in [1.165, 1.54) is 56.5 Å².